The molecule has 1 unspecified atom stereocenters. The Morgan fingerprint density at radius 2 is 2.06 bits per heavy atom. The van der Waals surface area contributed by atoms with E-state index in [9.17, 15) is 13.2 Å². The van der Waals surface area contributed by atoms with E-state index in [0.717, 1.165) is 18.4 Å². The molecule has 0 saturated heterocycles. The summed E-state index contributed by atoms with van der Waals surface area (Å²) in [5.74, 6) is 0.431. The number of alkyl halides is 3. The minimum absolute atomic E-state index is 0.0436. The molecule has 0 aromatic heterocycles. The van der Waals surface area contributed by atoms with E-state index < -0.39 is 12.8 Å². The predicted octanol–water partition coefficient (Wildman–Crippen LogP) is 4.11. The molecule has 0 rings (SSSR count). The lowest BCUT2D eigenvalue weighted by atomic mass is 10.1. The van der Waals surface area contributed by atoms with Gasteiger partial charge in [0, 0.05) is 0 Å². The first-order valence-corrected chi connectivity index (χ1v) is 5.28. The molecule has 0 aliphatic heterocycles. The highest BCUT2D eigenvalue weighted by atomic mass is 19.4. The van der Waals surface area contributed by atoms with Crippen LogP contribution in [-0.2, 0) is 4.74 Å². The molecule has 0 saturated carbocycles. The van der Waals surface area contributed by atoms with Gasteiger partial charge in [-0.05, 0) is 25.7 Å². The molecule has 0 aliphatic carbocycles. The van der Waals surface area contributed by atoms with E-state index in [4.69, 9.17) is 0 Å². The predicted molar refractivity (Wildman–Crippen MR) is 59.2 cm³/mol. The van der Waals surface area contributed by atoms with Crippen LogP contribution in [0.3, 0.4) is 0 Å². The summed E-state index contributed by atoms with van der Waals surface area (Å²) in [6, 6.07) is 0. The van der Waals surface area contributed by atoms with E-state index in [1.54, 1.807) is 6.92 Å². The van der Waals surface area contributed by atoms with Crippen molar-refractivity contribution in [2.75, 3.05) is 13.2 Å². The van der Waals surface area contributed by atoms with Crippen molar-refractivity contribution in [2.45, 2.75) is 32.9 Å². The summed E-state index contributed by atoms with van der Waals surface area (Å²) >= 11 is 0. The van der Waals surface area contributed by atoms with Gasteiger partial charge in [0.15, 0.2) is 0 Å². The molecule has 0 aliphatic rings. The second kappa shape index (κ2) is 7.49. The van der Waals surface area contributed by atoms with Gasteiger partial charge in [0.2, 0.25) is 0 Å². The maximum Gasteiger partial charge on any atom is 0.411 e. The van der Waals surface area contributed by atoms with Crippen molar-refractivity contribution in [3.8, 4) is 0 Å². The normalized spacial score (nSPS) is 14.9. The van der Waals surface area contributed by atoms with Crippen molar-refractivity contribution >= 4 is 0 Å². The number of rotatable bonds is 7. The average molecular weight is 236 g/mol. The first kappa shape index (κ1) is 15.2. The SMILES string of the molecule is C=CC(C)CC/C=C(\C)COCC(F)(F)F. The zero-order chi connectivity index (χ0) is 12.6. The Morgan fingerprint density at radius 1 is 1.44 bits per heavy atom. The van der Waals surface area contributed by atoms with Crippen molar-refractivity contribution in [1.82, 2.24) is 0 Å². The Labute approximate surface area is 95.0 Å². The summed E-state index contributed by atoms with van der Waals surface area (Å²) in [6.45, 7) is 6.35. The van der Waals surface area contributed by atoms with Gasteiger partial charge in [-0.2, -0.15) is 13.2 Å². The van der Waals surface area contributed by atoms with Gasteiger partial charge >= 0.3 is 6.18 Å². The minimum atomic E-state index is -4.24. The monoisotopic (exact) mass is 236 g/mol. The number of hydrogen-bond acceptors (Lipinski definition) is 1. The summed E-state index contributed by atoms with van der Waals surface area (Å²) in [5.41, 5.74) is 0.834. The second-order valence-electron chi connectivity index (χ2n) is 3.95. The third-order valence-electron chi connectivity index (χ3n) is 2.11. The van der Waals surface area contributed by atoms with Gasteiger partial charge in [0.05, 0.1) is 6.61 Å². The molecule has 16 heavy (non-hydrogen) atoms. The molecule has 0 fully saturated rings. The molecule has 0 amide bonds. The van der Waals surface area contributed by atoms with E-state index in [2.05, 4.69) is 18.2 Å². The van der Waals surface area contributed by atoms with Crippen LogP contribution in [0.1, 0.15) is 26.7 Å². The van der Waals surface area contributed by atoms with Crippen LogP contribution in [0.25, 0.3) is 0 Å². The van der Waals surface area contributed by atoms with Gasteiger partial charge < -0.3 is 4.74 Å². The lowest BCUT2D eigenvalue weighted by molar-refractivity contribution is -0.171. The van der Waals surface area contributed by atoms with Crippen LogP contribution < -0.4 is 0 Å². The van der Waals surface area contributed by atoms with Gasteiger partial charge in [-0.1, -0.05) is 24.6 Å². The molecule has 0 spiro atoms. The highest BCUT2D eigenvalue weighted by Gasteiger charge is 2.27. The Balaban J connectivity index is 3.67. The number of hydrogen-bond donors (Lipinski definition) is 0. The minimum Gasteiger partial charge on any atom is -0.368 e. The van der Waals surface area contributed by atoms with Crippen LogP contribution in [-0.4, -0.2) is 19.4 Å². The Bertz CT molecular complexity index is 231. The zero-order valence-electron chi connectivity index (χ0n) is 9.81. The smallest absolute Gasteiger partial charge is 0.368 e. The fourth-order valence-electron chi connectivity index (χ4n) is 1.10. The van der Waals surface area contributed by atoms with Gasteiger partial charge in [-0.15, -0.1) is 6.58 Å². The van der Waals surface area contributed by atoms with Crippen LogP contribution in [0.5, 0.6) is 0 Å². The maximum absolute atomic E-state index is 11.8. The molecule has 1 atom stereocenters. The molecule has 94 valence electrons. The molecule has 0 bridgehead atoms. The fraction of sp³-hybridized carbons (Fsp3) is 0.667. The summed E-state index contributed by atoms with van der Waals surface area (Å²) in [5, 5.41) is 0. The van der Waals surface area contributed by atoms with Gasteiger partial charge in [-0.3, -0.25) is 0 Å². The number of ether oxygens (including phenoxy) is 1. The van der Waals surface area contributed by atoms with Crippen LogP contribution in [0.4, 0.5) is 13.2 Å². The first-order valence-electron chi connectivity index (χ1n) is 5.28. The third-order valence-corrected chi connectivity index (χ3v) is 2.11. The first-order chi connectivity index (χ1) is 7.35. The second-order valence-corrected chi connectivity index (χ2v) is 3.95. The quantitative estimate of drug-likeness (QED) is 0.604. The van der Waals surface area contributed by atoms with Gasteiger partial charge in [-0.25, -0.2) is 0 Å². The molecule has 0 aromatic carbocycles. The molecule has 0 heterocycles. The van der Waals surface area contributed by atoms with Crippen LogP contribution >= 0.6 is 0 Å². The maximum atomic E-state index is 11.8. The van der Waals surface area contributed by atoms with Gasteiger partial charge in [0.25, 0.3) is 0 Å². The Kier molecular flexibility index (Phi) is 7.13. The third kappa shape index (κ3) is 9.77. The van der Waals surface area contributed by atoms with Crippen LogP contribution in [0, 0.1) is 5.92 Å². The molecule has 1 nitrogen and oxygen atoms in total. The Hall–Kier alpha value is -0.770. The van der Waals surface area contributed by atoms with Crippen molar-refractivity contribution < 1.29 is 17.9 Å². The van der Waals surface area contributed by atoms with Gasteiger partial charge in [0.1, 0.15) is 6.61 Å². The van der Waals surface area contributed by atoms with Crippen molar-refractivity contribution in [3.05, 3.63) is 24.3 Å². The largest absolute Gasteiger partial charge is 0.411 e. The molecule has 0 aromatic rings. The Morgan fingerprint density at radius 3 is 2.56 bits per heavy atom. The highest BCUT2D eigenvalue weighted by molar-refractivity contribution is 4.98. The highest BCUT2D eigenvalue weighted by Crippen LogP contribution is 2.15. The van der Waals surface area contributed by atoms with E-state index in [1.165, 1.54) is 0 Å². The van der Waals surface area contributed by atoms with Crippen LogP contribution in [0.2, 0.25) is 0 Å². The average Bonchev–Trinajstić information content (AvgIpc) is 2.15. The van der Waals surface area contributed by atoms with Crippen molar-refractivity contribution in [2.24, 2.45) is 5.92 Å². The number of halogens is 3. The summed E-state index contributed by atoms with van der Waals surface area (Å²) in [6.07, 6.45) is 1.34. The lowest BCUT2D eigenvalue weighted by Crippen LogP contribution is -2.17. The van der Waals surface area contributed by atoms with Crippen LogP contribution in [0.15, 0.2) is 24.3 Å². The van der Waals surface area contributed by atoms with Crippen molar-refractivity contribution in [1.29, 1.82) is 0 Å². The number of allylic oxidation sites excluding steroid dienone is 2. The molecule has 0 N–H and O–H groups in total. The van der Waals surface area contributed by atoms with E-state index in [-0.39, 0.29) is 6.61 Å². The molecule has 0 radical (unpaired) electrons. The fourth-order valence-corrected chi connectivity index (χ4v) is 1.10. The summed E-state index contributed by atoms with van der Waals surface area (Å²) in [7, 11) is 0. The zero-order valence-corrected chi connectivity index (χ0v) is 9.81. The van der Waals surface area contributed by atoms with E-state index in [1.807, 2.05) is 12.2 Å². The summed E-state index contributed by atoms with van der Waals surface area (Å²) < 4.78 is 39.8. The summed E-state index contributed by atoms with van der Waals surface area (Å²) in [4.78, 5) is 0. The van der Waals surface area contributed by atoms with E-state index >= 15 is 0 Å². The molecular weight excluding hydrogens is 217 g/mol. The van der Waals surface area contributed by atoms with Crippen molar-refractivity contribution in [3.63, 3.8) is 0 Å². The standard InChI is InChI=1S/C12H19F3O/c1-4-10(2)6-5-7-11(3)8-16-9-12(13,14)15/h4,7,10H,1,5-6,8-9H2,2-3H3/b11-7+. The van der Waals surface area contributed by atoms with E-state index in [0.29, 0.717) is 5.92 Å². The topological polar surface area (TPSA) is 9.23 Å². The molecule has 4 heteroatoms. The lowest BCUT2D eigenvalue weighted by Gasteiger charge is -2.08. The molecular formula is C12H19F3O.